The molecule has 128 valence electrons. The Morgan fingerprint density at radius 1 is 1.17 bits per heavy atom. The van der Waals surface area contributed by atoms with E-state index in [0.717, 1.165) is 16.9 Å². The third kappa shape index (κ3) is 6.22. The fraction of sp³-hybridized carbons (Fsp3) is 0.316. The summed E-state index contributed by atoms with van der Waals surface area (Å²) in [4.78, 5) is 11.6. The number of halogens is 1. The first-order valence-corrected chi connectivity index (χ1v) is 8.37. The molecule has 1 amide bonds. The van der Waals surface area contributed by atoms with Crippen molar-refractivity contribution in [2.45, 2.75) is 33.0 Å². The summed E-state index contributed by atoms with van der Waals surface area (Å²) < 4.78 is 5.80. The number of hydrogen-bond acceptors (Lipinski definition) is 3. The second-order valence-electron chi connectivity index (χ2n) is 5.85. The molecule has 2 aromatic rings. The zero-order valence-corrected chi connectivity index (χ0v) is 14.8. The number of carbonyl (C=O) groups is 1. The first kappa shape index (κ1) is 18.3. The van der Waals surface area contributed by atoms with Crippen molar-refractivity contribution in [2.75, 3.05) is 6.54 Å². The molecule has 4 nitrogen and oxygen atoms in total. The number of amides is 1. The van der Waals surface area contributed by atoms with E-state index in [1.807, 2.05) is 62.4 Å². The lowest BCUT2D eigenvalue weighted by Crippen LogP contribution is -2.37. The zero-order chi connectivity index (χ0) is 17.4. The largest absolute Gasteiger partial charge is 0.489 e. The van der Waals surface area contributed by atoms with E-state index < -0.39 is 0 Å². The van der Waals surface area contributed by atoms with Gasteiger partial charge in [-0.05, 0) is 37.6 Å². The first-order chi connectivity index (χ1) is 11.5. The van der Waals surface area contributed by atoms with E-state index in [1.165, 1.54) is 0 Å². The third-order valence-electron chi connectivity index (χ3n) is 3.31. The average Bonchev–Trinajstić information content (AvgIpc) is 2.54. The Balaban J connectivity index is 1.83. The van der Waals surface area contributed by atoms with Gasteiger partial charge in [0.25, 0.3) is 0 Å². The van der Waals surface area contributed by atoms with Crippen molar-refractivity contribution >= 4 is 17.5 Å². The number of ether oxygens (including phenoxy) is 1. The lowest BCUT2D eigenvalue weighted by atomic mass is 10.2. The number of benzene rings is 2. The number of nitrogens with one attached hydrogen (secondary N) is 2. The Hall–Kier alpha value is -2.04. The van der Waals surface area contributed by atoms with E-state index in [-0.39, 0.29) is 11.9 Å². The molecule has 2 rings (SSSR count). The normalized spacial score (nSPS) is 10.7. The monoisotopic (exact) mass is 346 g/mol. The van der Waals surface area contributed by atoms with E-state index in [1.54, 1.807) is 0 Å². The maximum Gasteiger partial charge on any atom is 0.234 e. The smallest absolute Gasteiger partial charge is 0.234 e. The molecule has 0 fully saturated rings. The molecule has 5 heteroatoms. The van der Waals surface area contributed by atoms with Crippen LogP contribution in [-0.2, 0) is 17.9 Å². The van der Waals surface area contributed by atoms with Crippen molar-refractivity contribution in [1.29, 1.82) is 0 Å². The maximum atomic E-state index is 11.6. The van der Waals surface area contributed by atoms with Crippen LogP contribution in [0.2, 0.25) is 5.02 Å². The quantitative estimate of drug-likeness (QED) is 0.768. The lowest BCUT2D eigenvalue weighted by Gasteiger charge is -2.11. The Labute approximate surface area is 148 Å². The van der Waals surface area contributed by atoms with Crippen LogP contribution in [0.3, 0.4) is 0 Å². The lowest BCUT2D eigenvalue weighted by molar-refractivity contribution is -0.120. The van der Waals surface area contributed by atoms with Gasteiger partial charge in [-0.2, -0.15) is 0 Å². The van der Waals surface area contributed by atoms with Crippen LogP contribution in [-0.4, -0.2) is 18.5 Å². The molecule has 0 aromatic heterocycles. The molecular formula is C19H23ClN2O2. The van der Waals surface area contributed by atoms with Gasteiger partial charge in [-0.3, -0.25) is 4.79 Å². The summed E-state index contributed by atoms with van der Waals surface area (Å²) in [6.07, 6.45) is 0. The summed E-state index contributed by atoms with van der Waals surface area (Å²) in [5.41, 5.74) is 2.01. The summed E-state index contributed by atoms with van der Waals surface area (Å²) in [5.74, 6) is 0.775. The molecule has 2 N–H and O–H groups in total. The van der Waals surface area contributed by atoms with Crippen molar-refractivity contribution in [3.63, 3.8) is 0 Å². The van der Waals surface area contributed by atoms with E-state index in [9.17, 15) is 4.79 Å². The Morgan fingerprint density at radius 3 is 2.71 bits per heavy atom. The molecular weight excluding hydrogens is 324 g/mol. The van der Waals surface area contributed by atoms with Gasteiger partial charge in [0.1, 0.15) is 12.4 Å². The molecule has 0 saturated heterocycles. The van der Waals surface area contributed by atoms with Gasteiger partial charge in [-0.15, -0.1) is 0 Å². The fourth-order valence-electron chi connectivity index (χ4n) is 2.22. The predicted molar refractivity (Wildman–Crippen MR) is 97.2 cm³/mol. The third-order valence-corrected chi connectivity index (χ3v) is 3.68. The molecule has 0 unspecified atom stereocenters. The van der Waals surface area contributed by atoms with Crippen LogP contribution in [0.5, 0.6) is 5.75 Å². The number of hydrogen-bond donors (Lipinski definition) is 2. The molecule has 0 spiro atoms. The standard InChI is InChI=1S/C19H23ClN2O2/c1-14(2)22-19(23)12-21-11-15-6-5-8-17(10-15)24-13-16-7-3-4-9-18(16)20/h3-10,14,21H,11-13H2,1-2H3,(H,22,23). The highest BCUT2D eigenvalue weighted by Gasteiger charge is 2.04. The van der Waals surface area contributed by atoms with E-state index in [0.29, 0.717) is 24.7 Å². The van der Waals surface area contributed by atoms with E-state index >= 15 is 0 Å². The molecule has 0 aliphatic carbocycles. The minimum absolute atomic E-state index is 0.00359. The highest BCUT2D eigenvalue weighted by Crippen LogP contribution is 2.19. The van der Waals surface area contributed by atoms with E-state index in [2.05, 4.69) is 10.6 Å². The van der Waals surface area contributed by atoms with Gasteiger partial charge < -0.3 is 15.4 Å². The molecule has 0 radical (unpaired) electrons. The topological polar surface area (TPSA) is 50.4 Å². The predicted octanol–water partition coefficient (Wildman–Crippen LogP) is 3.53. The Kier molecular flexibility index (Phi) is 7.09. The van der Waals surface area contributed by atoms with Crippen LogP contribution in [0.1, 0.15) is 25.0 Å². The van der Waals surface area contributed by atoms with Gasteiger partial charge in [0.15, 0.2) is 0 Å². The minimum Gasteiger partial charge on any atom is -0.489 e. The molecule has 24 heavy (non-hydrogen) atoms. The van der Waals surface area contributed by atoms with Crippen LogP contribution in [0.4, 0.5) is 0 Å². The van der Waals surface area contributed by atoms with Crippen LogP contribution in [0.15, 0.2) is 48.5 Å². The van der Waals surface area contributed by atoms with Crippen molar-refractivity contribution in [1.82, 2.24) is 10.6 Å². The van der Waals surface area contributed by atoms with Gasteiger partial charge >= 0.3 is 0 Å². The molecule has 0 aliphatic rings. The summed E-state index contributed by atoms with van der Waals surface area (Å²) in [7, 11) is 0. The summed E-state index contributed by atoms with van der Waals surface area (Å²) in [5, 5.41) is 6.67. The highest BCUT2D eigenvalue weighted by atomic mass is 35.5. The van der Waals surface area contributed by atoms with Crippen molar-refractivity contribution in [3.8, 4) is 5.75 Å². The number of carbonyl (C=O) groups excluding carboxylic acids is 1. The Bertz CT molecular complexity index is 674. The molecule has 0 bridgehead atoms. The van der Waals surface area contributed by atoms with Gasteiger partial charge in [0.2, 0.25) is 5.91 Å². The second kappa shape index (κ2) is 9.30. The highest BCUT2D eigenvalue weighted by molar-refractivity contribution is 6.31. The first-order valence-electron chi connectivity index (χ1n) is 8.00. The molecule has 0 atom stereocenters. The molecule has 0 heterocycles. The fourth-order valence-corrected chi connectivity index (χ4v) is 2.41. The SMILES string of the molecule is CC(C)NC(=O)CNCc1cccc(OCc2ccccc2Cl)c1. The van der Waals surface area contributed by atoms with Gasteiger partial charge in [-0.1, -0.05) is 41.9 Å². The van der Waals surface area contributed by atoms with Gasteiger partial charge in [0.05, 0.1) is 6.54 Å². The van der Waals surface area contributed by atoms with Gasteiger partial charge in [0, 0.05) is 23.2 Å². The zero-order valence-electron chi connectivity index (χ0n) is 14.0. The minimum atomic E-state index is -0.00359. The summed E-state index contributed by atoms with van der Waals surface area (Å²) in [6, 6.07) is 15.6. The van der Waals surface area contributed by atoms with E-state index in [4.69, 9.17) is 16.3 Å². The second-order valence-corrected chi connectivity index (χ2v) is 6.26. The van der Waals surface area contributed by atoms with Crippen molar-refractivity contribution < 1.29 is 9.53 Å². The van der Waals surface area contributed by atoms with Crippen LogP contribution in [0.25, 0.3) is 0 Å². The average molecular weight is 347 g/mol. The van der Waals surface area contributed by atoms with Crippen LogP contribution in [0, 0.1) is 0 Å². The Morgan fingerprint density at radius 2 is 1.96 bits per heavy atom. The van der Waals surface area contributed by atoms with Crippen LogP contribution < -0.4 is 15.4 Å². The van der Waals surface area contributed by atoms with Crippen molar-refractivity contribution in [2.24, 2.45) is 0 Å². The van der Waals surface area contributed by atoms with Crippen molar-refractivity contribution in [3.05, 3.63) is 64.7 Å². The summed E-state index contributed by atoms with van der Waals surface area (Å²) in [6.45, 7) is 5.21. The van der Waals surface area contributed by atoms with Gasteiger partial charge in [-0.25, -0.2) is 0 Å². The number of rotatable bonds is 8. The summed E-state index contributed by atoms with van der Waals surface area (Å²) >= 11 is 6.13. The van der Waals surface area contributed by atoms with Crippen LogP contribution >= 0.6 is 11.6 Å². The maximum absolute atomic E-state index is 11.6. The molecule has 0 aliphatic heterocycles. The molecule has 2 aromatic carbocycles. The molecule has 0 saturated carbocycles.